The summed E-state index contributed by atoms with van der Waals surface area (Å²) in [6.07, 6.45) is -1.93. The maximum absolute atomic E-state index is 13.1. The number of carbonyl (C=O) groups excluding carboxylic acids is 1. The van der Waals surface area contributed by atoms with E-state index >= 15 is 0 Å². The highest BCUT2D eigenvalue weighted by Crippen LogP contribution is 2.66. The summed E-state index contributed by atoms with van der Waals surface area (Å²) in [6.45, 7) is 11.9. The van der Waals surface area contributed by atoms with Crippen LogP contribution in [0, 0.1) is 11.8 Å². The minimum absolute atomic E-state index is 0.0234. The van der Waals surface area contributed by atoms with Gasteiger partial charge < -0.3 is 55.2 Å². The van der Waals surface area contributed by atoms with Crippen LogP contribution in [0.3, 0.4) is 0 Å². The number of nitrogen functional groups attached to an aromatic ring is 1. The number of benzene rings is 2. The van der Waals surface area contributed by atoms with Crippen LogP contribution in [0.5, 0.6) is 11.5 Å². The molecule has 6 atom stereocenters. The summed E-state index contributed by atoms with van der Waals surface area (Å²) in [5.41, 5.74) is 8.31. The lowest BCUT2D eigenvalue weighted by Crippen LogP contribution is -2.50. The highest BCUT2D eigenvalue weighted by Gasteiger charge is 2.47. The predicted octanol–water partition coefficient (Wildman–Crippen LogP) is 1.37. The van der Waals surface area contributed by atoms with Gasteiger partial charge in [0.2, 0.25) is 11.3 Å². The Morgan fingerprint density at radius 1 is 1.00 bits per heavy atom. The van der Waals surface area contributed by atoms with Crippen molar-refractivity contribution >= 4 is 67.8 Å². The SMILES string of the molecule is CCN1c2cc3c(cc2C(C)=CC1(C)C)N=c1cc2c(cc1O3)=[N+](CCCC(=O)NCC#Cc1cn([C@@H]3O[C@H](COP(=O)(O)OP(=O)(O)OP(=O)(O)O)[C@@H](O)[C@H]3O)c(=O)nc1N)C(C)(C)C=C2CS(=O)(=O)O. The van der Waals surface area contributed by atoms with Crippen molar-refractivity contribution in [2.24, 2.45) is 4.99 Å². The number of rotatable bonds is 16. The lowest BCUT2D eigenvalue weighted by atomic mass is 9.88. The summed E-state index contributed by atoms with van der Waals surface area (Å²) in [5.74, 6) is 4.92. The molecule has 72 heavy (non-hydrogen) atoms. The molecule has 0 radical (unpaired) electrons. The molecule has 30 heteroatoms. The number of nitrogens with two attached hydrogens (primary N) is 1. The number of hydrogen-bond acceptors (Lipinski definition) is 18. The first-order valence-corrected chi connectivity index (χ1v) is 28.0. The van der Waals surface area contributed by atoms with Crippen LogP contribution in [0.2, 0.25) is 0 Å². The number of allylic oxidation sites excluding steroid dienone is 1. The van der Waals surface area contributed by atoms with Crippen LogP contribution in [-0.4, -0.2) is 120 Å². The second kappa shape index (κ2) is 20.0. The van der Waals surface area contributed by atoms with Crippen LogP contribution in [0.1, 0.15) is 77.3 Å². The van der Waals surface area contributed by atoms with Gasteiger partial charge >= 0.3 is 29.2 Å². The molecule has 1 aromatic heterocycles. The molecule has 390 valence electrons. The van der Waals surface area contributed by atoms with Gasteiger partial charge in [0.15, 0.2) is 23.3 Å². The van der Waals surface area contributed by atoms with Crippen LogP contribution in [0.25, 0.3) is 11.1 Å². The highest BCUT2D eigenvalue weighted by atomic mass is 32.2. The Hall–Kier alpha value is -4.97. The number of likely N-dealkylation sites (N-methyl/N-ethyl adjacent to an activating group) is 1. The van der Waals surface area contributed by atoms with Gasteiger partial charge in [-0.2, -0.15) is 22.0 Å². The van der Waals surface area contributed by atoms with Crippen LogP contribution in [-0.2, 0) is 46.5 Å². The van der Waals surface area contributed by atoms with Crippen LogP contribution in [0.15, 0.2) is 52.4 Å². The average Bonchev–Trinajstić information content (AvgIpc) is 3.51. The van der Waals surface area contributed by atoms with Crippen molar-refractivity contribution in [2.75, 3.05) is 42.6 Å². The summed E-state index contributed by atoms with van der Waals surface area (Å²) in [5, 5.41) is 24.9. The normalized spacial score (nSPS) is 22.5. The number of hydrogen-bond donors (Lipinski definition) is 9. The molecule has 7 rings (SSSR count). The van der Waals surface area contributed by atoms with Gasteiger partial charge in [0.25, 0.3) is 10.1 Å². The van der Waals surface area contributed by atoms with Gasteiger partial charge in [-0.25, -0.2) is 28.1 Å². The number of nitrogens with zero attached hydrogens (tertiary/aromatic N) is 5. The van der Waals surface area contributed by atoms with E-state index in [4.69, 9.17) is 30.0 Å². The van der Waals surface area contributed by atoms with E-state index in [-0.39, 0.29) is 29.9 Å². The van der Waals surface area contributed by atoms with Crippen LogP contribution in [0.4, 0.5) is 17.2 Å². The van der Waals surface area contributed by atoms with Gasteiger partial charge in [0, 0.05) is 56.7 Å². The zero-order valence-electron chi connectivity index (χ0n) is 39.4. The van der Waals surface area contributed by atoms with E-state index in [1.54, 1.807) is 18.2 Å². The predicted molar refractivity (Wildman–Crippen MR) is 256 cm³/mol. The Labute approximate surface area is 411 Å². The molecule has 0 bridgehead atoms. The molecule has 0 aliphatic carbocycles. The molecule has 5 heterocycles. The number of phosphoric ester groups is 1. The first-order chi connectivity index (χ1) is 33.3. The number of anilines is 2. The van der Waals surface area contributed by atoms with E-state index in [0.717, 1.165) is 29.6 Å². The van der Waals surface area contributed by atoms with Crippen LogP contribution >= 0.6 is 23.5 Å². The van der Waals surface area contributed by atoms with Crippen molar-refractivity contribution in [3.8, 4) is 23.3 Å². The van der Waals surface area contributed by atoms with Crippen molar-refractivity contribution in [2.45, 2.75) is 90.0 Å². The Bertz CT molecular complexity index is 3330. The molecule has 26 nitrogen and oxygen atoms in total. The van der Waals surface area contributed by atoms with Crippen molar-refractivity contribution in [1.29, 1.82) is 0 Å². The summed E-state index contributed by atoms with van der Waals surface area (Å²) in [7, 11) is -21.6. The molecule has 1 saturated heterocycles. The third-order valence-electron chi connectivity index (χ3n) is 11.9. The molecular formula is C42H53N7O19P3S+. The molecule has 0 saturated carbocycles. The Kier molecular flexibility index (Phi) is 15.3. The van der Waals surface area contributed by atoms with Crippen molar-refractivity contribution in [3.05, 3.63) is 80.5 Å². The maximum atomic E-state index is 13.1. The van der Waals surface area contributed by atoms with E-state index in [9.17, 15) is 56.3 Å². The van der Waals surface area contributed by atoms with Gasteiger partial charge in [-0.15, -0.1) is 0 Å². The largest absolute Gasteiger partial charge is 0.490 e. The molecule has 2 aromatic carbocycles. The maximum Gasteiger partial charge on any atom is 0.490 e. The van der Waals surface area contributed by atoms with Gasteiger partial charge in [0.1, 0.15) is 47.5 Å². The van der Waals surface area contributed by atoms with Gasteiger partial charge in [0.05, 0.1) is 35.9 Å². The number of carbonyl (C=O) groups is 1. The topological polar surface area (TPSA) is 382 Å². The standard InChI is InChI=1S/C42H52N7O19P3S/c1-7-48-30-16-32-28(14-26(30)23(2)18-41(48,3)4)45-29-15-27-25(22-72(61,62)63)19-42(5,6)49(31(27)17-33(29)65-32)13-9-11-35(50)44-12-8-10-24-20-47(40(53)46-38(24)43)39-37(52)36(51)34(66-39)21-64-70(57,58)68-71(59,60)67-69(54,55)56/h14-20,34,36-37,39,51-52H,7,9,11-13,21-22H2,1-6H3,(H7-,43,44,46,50,53,54,55,56,57,58,59,60,61,62,63)/p+1/t34-,36-,37-,39-/m1/s1. The number of fused-ring (bicyclic) bond motifs is 4. The van der Waals surface area contributed by atoms with E-state index in [2.05, 4.69) is 74.0 Å². The molecule has 10 N–H and O–H groups in total. The third kappa shape index (κ3) is 12.3. The molecule has 3 aromatic rings. The van der Waals surface area contributed by atoms with E-state index < -0.39 is 87.6 Å². The minimum Gasteiger partial charge on any atom is -0.452 e. The van der Waals surface area contributed by atoms with Gasteiger partial charge in [-0.1, -0.05) is 17.9 Å². The smallest absolute Gasteiger partial charge is 0.452 e. The fraction of sp³-hybridized carbons (Fsp3) is 0.452. The van der Waals surface area contributed by atoms with Crippen molar-refractivity contribution < 1.29 is 83.9 Å². The fourth-order valence-corrected chi connectivity index (χ4v) is 12.7. The minimum atomic E-state index is -5.86. The Morgan fingerprint density at radius 3 is 2.38 bits per heavy atom. The quantitative estimate of drug-likeness (QED) is 0.0331. The zero-order valence-corrected chi connectivity index (χ0v) is 42.9. The lowest BCUT2D eigenvalue weighted by molar-refractivity contribution is -0.120. The molecule has 4 aliphatic rings. The Morgan fingerprint density at radius 2 is 1.71 bits per heavy atom. The molecular weight excluding hydrogens is 1030 g/mol. The number of aliphatic hydroxyl groups excluding tert-OH is 2. The number of aromatic nitrogens is 2. The monoisotopic (exact) mass is 1080 g/mol. The Balaban J connectivity index is 1.03. The fourth-order valence-electron chi connectivity index (χ4n) is 9.01. The van der Waals surface area contributed by atoms with Gasteiger partial charge in [-0.3, -0.25) is 18.4 Å². The summed E-state index contributed by atoms with van der Waals surface area (Å²) >= 11 is 0. The second-order valence-electron chi connectivity index (χ2n) is 18.2. The number of phosphoric acid groups is 3. The first-order valence-electron chi connectivity index (χ1n) is 21.9. The molecule has 4 aliphatic heterocycles. The zero-order chi connectivity index (χ0) is 53.1. The van der Waals surface area contributed by atoms with Gasteiger partial charge in [-0.05, 0) is 57.0 Å². The van der Waals surface area contributed by atoms with Crippen molar-refractivity contribution in [3.63, 3.8) is 0 Å². The van der Waals surface area contributed by atoms with Crippen molar-refractivity contribution in [1.82, 2.24) is 19.4 Å². The average molecular weight is 1080 g/mol. The molecule has 1 amide bonds. The van der Waals surface area contributed by atoms with E-state index in [1.807, 2.05) is 30.6 Å². The van der Waals surface area contributed by atoms with E-state index in [0.29, 0.717) is 56.6 Å². The first kappa shape index (κ1) is 54.8. The third-order valence-corrected chi connectivity index (χ3v) is 16.4. The van der Waals surface area contributed by atoms with Crippen LogP contribution < -0.4 is 41.7 Å². The number of aliphatic hydroxyl groups is 2. The molecule has 2 unspecified atom stereocenters. The summed E-state index contributed by atoms with van der Waals surface area (Å²) < 4.78 is 95.7. The molecule has 0 spiro atoms. The summed E-state index contributed by atoms with van der Waals surface area (Å²) in [6, 6.07) is 7.50. The van der Waals surface area contributed by atoms with E-state index in [1.165, 1.54) is 0 Å². The molecule has 1 fully saturated rings. The second-order valence-corrected chi connectivity index (χ2v) is 24.0. The number of ether oxygens (including phenoxy) is 2. The number of amides is 1. The summed E-state index contributed by atoms with van der Waals surface area (Å²) in [4.78, 5) is 73.3. The lowest BCUT2D eigenvalue weighted by Gasteiger charge is -2.43. The number of nitrogens with one attached hydrogen (secondary N) is 1. The highest BCUT2D eigenvalue weighted by molar-refractivity contribution is 7.86.